The fourth-order valence-electron chi connectivity index (χ4n) is 2.23. The van der Waals surface area contributed by atoms with Crippen LogP contribution in [0.3, 0.4) is 0 Å². The van der Waals surface area contributed by atoms with Crippen LogP contribution in [0.4, 0.5) is 0 Å². The maximum atomic E-state index is 11.4. The largest absolute Gasteiger partial charge is 0.478 e. The Bertz CT molecular complexity index is 865. The van der Waals surface area contributed by atoms with Crippen LogP contribution in [0.25, 0.3) is 16.7 Å². The van der Waals surface area contributed by atoms with Crippen molar-refractivity contribution in [2.45, 2.75) is 6.92 Å². The number of rotatable bonds is 3. The minimum atomic E-state index is -0.972. The van der Waals surface area contributed by atoms with Crippen LogP contribution in [-0.4, -0.2) is 26.4 Å². The number of hydrogen-bond acceptors (Lipinski definition) is 3. The third kappa shape index (κ3) is 2.29. The lowest BCUT2D eigenvalue weighted by Crippen LogP contribution is -1.99. The summed E-state index contributed by atoms with van der Waals surface area (Å²) in [5, 5.41) is 9.06. The van der Waals surface area contributed by atoms with Gasteiger partial charge in [0.15, 0.2) is 5.78 Å². The fourth-order valence-corrected chi connectivity index (χ4v) is 2.23. The van der Waals surface area contributed by atoms with Gasteiger partial charge >= 0.3 is 5.97 Å². The maximum Gasteiger partial charge on any atom is 0.335 e. The molecule has 3 rings (SSSR count). The zero-order valence-corrected chi connectivity index (χ0v) is 11.3. The third-order valence-electron chi connectivity index (χ3n) is 3.33. The summed E-state index contributed by atoms with van der Waals surface area (Å²) in [7, 11) is 0. The van der Waals surface area contributed by atoms with Gasteiger partial charge in [0.05, 0.1) is 16.6 Å². The lowest BCUT2D eigenvalue weighted by Gasteiger charge is -2.05. The van der Waals surface area contributed by atoms with Crippen LogP contribution in [0.2, 0.25) is 0 Å². The predicted octanol–water partition coefficient (Wildman–Crippen LogP) is 2.93. The first-order valence-electron chi connectivity index (χ1n) is 6.38. The number of hydrogen-bond donors (Lipinski definition) is 1. The number of nitrogens with zero attached hydrogens (tertiary/aromatic N) is 2. The van der Waals surface area contributed by atoms with Crippen LogP contribution in [-0.2, 0) is 0 Å². The molecule has 0 aliphatic carbocycles. The predicted molar refractivity (Wildman–Crippen MR) is 78.0 cm³/mol. The summed E-state index contributed by atoms with van der Waals surface area (Å²) in [6.07, 6.45) is 1.62. The molecule has 5 nitrogen and oxygen atoms in total. The highest BCUT2D eigenvalue weighted by Gasteiger charge is 2.09. The SMILES string of the molecule is CC(=O)c1ccc2c(c1)ncn2-c1cccc(C(=O)O)c1. The molecule has 0 aliphatic heterocycles. The zero-order valence-electron chi connectivity index (χ0n) is 11.3. The Hall–Kier alpha value is -2.95. The van der Waals surface area contributed by atoms with Crippen molar-refractivity contribution < 1.29 is 14.7 Å². The molecule has 104 valence electrons. The van der Waals surface area contributed by atoms with Gasteiger partial charge in [-0.15, -0.1) is 0 Å². The number of carbonyl (C=O) groups is 2. The van der Waals surface area contributed by atoms with E-state index in [2.05, 4.69) is 4.98 Å². The van der Waals surface area contributed by atoms with Crippen LogP contribution < -0.4 is 0 Å². The quantitative estimate of drug-likeness (QED) is 0.749. The zero-order chi connectivity index (χ0) is 15.0. The molecule has 1 aromatic heterocycles. The van der Waals surface area contributed by atoms with E-state index < -0.39 is 5.97 Å². The molecule has 0 aliphatic rings. The molecule has 1 N–H and O–H groups in total. The number of imidazole rings is 1. The lowest BCUT2D eigenvalue weighted by atomic mass is 10.1. The highest BCUT2D eigenvalue weighted by Crippen LogP contribution is 2.20. The topological polar surface area (TPSA) is 72.2 Å². The van der Waals surface area contributed by atoms with E-state index in [1.54, 1.807) is 41.2 Å². The monoisotopic (exact) mass is 280 g/mol. The molecule has 0 radical (unpaired) electrons. The van der Waals surface area contributed by atoms with E-state index in [1.165, 1.54) is 6.92 Å². The molecule has 3 aromatic rings. The Morgan fingerprint density at radius 2 is 1.90 bits per heavy atom. The van der Waals surface area contributed by atoms with Gasteiger partial charge in [-0.3, -0.25) is 9.36 Å². The summed E-state index contributed by atoms with van der Waals surface area (Å²) in [4.78, 5) is 26.7. The van der Waals surface area contributed by atoms with Crippen molar-refractivity contribution >= 4 is 22.8 Å². The van der Waals surface area contributed by atoms with Gasteiger partial charge < -0.3 is 5.11 Å². The number of benzene rings is 2. The average molecular weight is 280 g/mol. The van der Waals surface area contributed by atoms with Gasteiger partial charge in [0.2, 0.25) is 0 Å². The summed E-state index contributed by atoms with van der Waals surface area (Å²) in [5.74, 6) is -0.987. The standard InChI is InChI=1S/C16H12N2O3/c1-10(19)11-5-6-15-14(8-11)17-9-18(15)13-4-2-3-12(7-13)16(20)21/h2-9H,1H3,(H,20,21). The van der Waals surface area contributed by atoms with Crippen molar-refractivity contribution in [3.05, 3.63) is 59.9 Å². The normalized spacial score (nSPS) is 10.7. The maximum absolute atomic E-state index is 11.4. The molecule has 21 heavy (non-hydrogen) atoms. The smallest absolute Gasteiger partial charge is 0.335 e. The molecule has 0 amide bonds. The van der Waals surface area contributed by atoms with Gasteiger partial charge in [-0.05, 0) is 43.3 Å². The Morgan fingerprint density at radius 3 is 2.62 bits per heavy atom. The first-order valence-corrected chi connectivity index (χ1v) is 6.38. The van der Waals surface area contributed by atoms with Gasteiger partial charge in [0.25, 0.3) is 0 Å². The van der Waals surface area contributed by atoms with Gasteiger partial charge in [-0.1, -0.05) is 6.07 Å². The van der Waals surface area contributed by atoms with Crippen LogP contribution in [0.1, 0.15) is 27.6 Å². The minimum absolute atomic E-state index is 0.0145. The second kappa shape index (κ2) is 4.86. The Morgan fingerprint density at radius 1 is 1.10 bits per heavy atom. The molecule has 0 unspecified atom stereocenters. The summed E-state index contributed by atoms with van der Waals surface area (Å²) in [6, 6.07) is 11.9. The molecule has 0 spiro atoms. The highest BCUT2D eigenvalue weighted by molar-refractivity contribution is 5.97. The first-order chi connectivity index (χ1) is 10.1. The van der Waals surface area contributed by atoms with Gasteiger partial charge in [-0.2, -0.15) is 0 Å². The van der Waals surface area contributed by atoms with E-state index in [-0.39, 0.29) is 11.3 Å². The van der Waals surface area contributed by atoms with Crippen molar-refractivity contribution in [3.8, 4) is 5.69 Å². The van der Waals surface area contributed by atoms with Gasteiger partial charge in [0.1, 0.15) is 6.33 Å². The number of aromatic carboxylic acids is 1. The van der Waals surface area contributed by atoms with Crippen molar-refractivity contribution in [1.82, 2.24) is 9.55 Å². The number of carboxylic acids is 1. The number of carboxylic acid groups (broad SMARTS) is 1. The second-order valence-corrected chi connectivity index (χ2v) is 4.73. The molecule has 2 aromatic carbocycles. The van der Waals surface area contributed by atoms with E-state index in [9.17, 15) is 9.59 Å². The average Bonchev–Trinajstić information content (AvgIpc) is 2.90. The van der Waals surface area contributed by atoms with Gasteiger partial charge in [-0.25, -0.2) is 9.78 Å². The first kappa shape index (κ1) is 13.1. The summed E-state index contributed by atoms with van der Waals surface area (Å²) in [5.41, 5.74) is 3.06. The van der Waals surface area contributed by atoms with Crippen molar-refractivity contribution in [2.24, 2.45) is 0 Å². The van der Waals surface area contributed by atoms with E-state index in [1.807, 2.05) is 12.1 Å². The molecule has 0 saturated carbocycles. The second-order valence-electron chi connectivity index (χ2n) is 4.73. The fraction of sp³-hybridized carbons (Fsp3) is 0.0625. The van der Waals surface area contributed by atoms with Crippen LogP contribution in [0, 0.1) is 0 Å². The van der Waals surface area contributed by atoms with Gasteiger partial charge in [0, 0.05) is 11.3 Å². The molecule has 0 bridgehead atoms. The van der Waals surface area contributed by atoms with E-state index in [4.69, 9.17) is 5.11 Å². The molecule has 0 saturated heterocycles. The highest BCUT2D eigenvalue weighted by atomic mass is 16.4. The Labute approximate surface area is 120 Å². The number of carbonyl (C=O) groups excluding carboxylic acids is 1. The third-order valence-corrected chi connectivity index (χ3v) is 3.33. The lowest BCUT2D eigenvalue weighted by molar-refractivity contribution is 0.0696. The van der Waals surface area contributed by atoms with E-state index in [0.717, 1.165) is 5.52 Å². The molecule has 5 heteroatoms. The molecular formula is C16H12N2O3. The summed E-state index contributed by atoms with van der Waals surface area (Å²) < 4.78 is 1.80. The minimum Gasteiger partial charge on any atom is -0.478 e. The summed E-state index contributed by atoms with van der Waals surface area (Å²) >= 11 is 0. The number of Topliss-reactive ketones (excluding diaryl/α,β-unsaturated/α-hetero) is 1. The number of ketones is 1. The van der Waals surface area contributed by atoms with Crippen LogP contribution >= 0.6 is 0 Å². The molecular weight excluding hydrogens is 268 g/mol. The number of fused-ring (bicyclic) bond motifs is 1. The van der Waals surface area contributed by atoms with Crippen molar-refractivity contribution in [2.75, 3.05) is 0 Å². The molecule has 1 heterocycles. The Kier molecular flexibility index (Phi) is 3.02. The molecule has 0 fully saturated rings. The summed E-state index contributed by atoms with van der Waals surface area (Å²) in [6.45, 7) is 1.51. The number of aromatic nitrogens is 2. The van der Waals surface area contributed by atoms with Crippen LogP contribution in [0.5, 0.6) is 0 Å². The van der Waals surface area contributed by atoms with E-state index in [0.29, 0.717) is 16.8 Å². The van der Waals surface area contributed by atoms with E-state index >= 15 is 0 Å². The Balaban J connectivity index is 2.15. The van der Waals surface area contributed by atoms with Crippen LogP contribution in [0.15, 0.2) is 48.8 Å². The van der Waals surface area contributed by atoms with Crippen molar-refractivity contribution in [3.63, 3.8) is 0 Å². The van der Waals surface area contributed by atoms with Crippen molar-refractivity contribution in [1.29, 1.82) is 0 Å². The molecule has 0 atom stereocenters.